The van der Waals surface area contributed by atoms with Crippen molar-refractivity contribution in [1.82, 2.24) is 10.3 Å². The summed E-state index contributed by atoms with van der Waals surface area (Å²) in [7, 11) is 0. The smallest absolute Gasteiger partial charge is 0.321 e. The molecule has 2 aromatic carbocycles. The van der Waals surface area contributed by atoms with Gasteiger partial charge in [-0.2, -0.15) is 5.26 Å². The highest BCUT2D eigenvalue weighted by Gasteiger charge is 2.22. The largest absolute Gasteiger partial charge is 0.857 e. The number of fused-ring (bicyclic) bond motifs is 1. The number of anilines is 2. The lowest BCUT2D eigenvalue weighted by Gasteiger charge is -2.10. The van der Waals surface area contributed by atoms with E-state index >= 15 is 0 Å². The monoisotopic (exact) mass is 453 g/mol. The van der Waals surface area contributed by atoms with Crippen molar-refractivity contribution < 1.29 is 14.3 Å². The molecule has 0 aliphatic carbocycles. The number of rotatable bonds is 4. The molecule has 5 rings (SSSR count). The molecular formula is C23H15N7O2S. The van der Waals surface area contributed by atoms with Gasteiger partial charge < -0.3 is 16.6 Å². The van der Waals surface area contributed by atoms with Crippen molar-refractivity contribution in [2.75, 3.05) is 11.5 Å². The van der Waals surface area contributed by atoms with Gasteiger partial charge in [-0.1, -0.05) is 48.5 Å². The van der Waals surface area contributed by atoms with Crippen LogP contribution in [0.1, 0.15) is 10.4 Å². The molecule has 33 heavy (non-hydrogen) atoms. The summed E-state index contributed by atoms with van der Waals surface area (Å²) in [5.74, 6) is -0.516. The van der Waals surface area contributed by atoms with Crippen LogP contribution in [0.15, 0.2) is 76.4 Å². The second kappa shape index (κ2) is 8.07. The number of nitrogens with zero attached hydrogens (tertiary/aromatic N) is 5. The minimum absolute atomic E-state index is 0.0224. The van der Waals surface area contributed by atoms with Crippen LogP contribution in [0.4, 0.5) is 17.4 Å². The van der Waals surface area contributed by atoms with E-state index in [1.807, 2.05) is 60.7 Å². The van der Waals surface area contributed by atoms with Crippen molar-refractivity contribution in [1.29, 1.82) is 5.26 Å². The van der Waals surface area contributed by atoms with E-state index in [0.717, 1.165) is 22.6 Å². The van der Waals surface area contributed by atoms with Crippen LogP contribution in [0.2, 0.25) is 0 Å². The molecule has 3 heterocycles. The van der Waals surface area contributed by atoms with E-state index in [1.165, 1.54) is 10.9 Å². The third kappa shape index (κ3) is 3.52. The Kier molecular flexibility index (Phi) is 4.93. The van der Waals surface area contributed by atoms with Gasteiger partial charge in [0, 0.05) is 29.0 Å². The van der Waals surface area contributed by atoms with E-state index in [-0.39, 0.29) is 27.8 Å². The van der Waals surface area contributed by atoms with Crippen LogP contribution in [-0.4, -0.2) is 16.2 Å². The van der Waals surface area contributed by atoms with E-state index in [0.29, 0.717) is 15.8 Å². The number of aliphatic imine (C=N–C) groups is 1. The Morgan fingerprint density at radius 2 is 1.79 bits per heavy atom. The topological polar surface area (TPSA) is 154 Å². The van der Waals surface area contributed by atoms with Crippen molar-refractivity contribution in [3.63, 3.8) is 0 Å². The Hall–Kier alpha value is -4.75. The molecule has 0 bridgehead atoms. The number of nitriles is 1. The van der Waals surface area contributed by atoms with Crippen molar-refractivity contribution >= 4 is 44.8 Å². The molecule has 0 aliphatic rings. The molecule has 0 spiro atoms. The van der Waals surface area contributed by atoms with Crippen LogP contribution in [-0.2, 0) is 0 Å². The summed E-state index contributed by atoms with van der Waals surface area (Å²) in [6, 6.07) is 20.6. The summed E-state index contributed by atoms with van der Waals surface area (Å²) in [6.07, 6.45) is 1.50. The molecule has 0 saturated heterocycles. The van der Waals surface area contributed by atoms with E-state index in [4.69, 9.17) is 16.0 Å². The van der Waals surface area contributed by atoms with Crippen LogP contribution >= 0.6 is 11.3 Å². The molecule has 0 radical (unpaired) electrons. The normalized spacial score (nSPS) is 11.5. The molecule has 0 fully saturated rings. The quantitative estimate of drug-likeness (QED) is 0.241. The Bertz CT molecular complexity index is 1550. The van der Waals surface area contributed by atoms with Crippen LogP contribution in [0, 0.1) is 11.3 Å². The molecule has 160 valence electrons. The van der Waals surface area contributed by atoms with Gasteiger partial charge in [0.15, 0.2) is 0 Å². The van der Waals surface area contributed by atoms with Crippen LogP contribution in [0.5, 0.6) is 0 Å². The fraction of sp³-hybridized carbons (Fsp3) is 0. The summed E-state index contributed by atoms with van der Waals surface area (Å²) in [5.41, 5.74) is 14.9. The van der Waals surface area contributed by atoms with Crippen molar-refractivity contribution in [2.24, 2.45) is 4.99 Å². The molecule has 0 amide bonds. The van der Waals surface area contributed by atoms with Crippen molar-refractivity contribution in [2.45, 2.75) is 0 Å². The van der Waals surface area contributed by atoms with Gasteiger partial charge in [-0.3, -0.25) is 4.52 Å². The third-order valence-corrected chi connectivity index (χ3v) is 6.05. The Labute approximate surface area is 191 Å². The molecule has 4 N–H and O–H groups in total. The van der Waals surface area contributed by atoms with Crippen molar-refractivity contribution in [3.05, 3.63) is 77.3 Å². The zero-order valence-corrected chi connectivity index (χ0v) is 17.8. The van der Waals surface area contributed by atoms with Gasteiger partial charge in [0.2, 0.25) is 11.0 Å². The minimum Gasteiger partial charge on any atom is -0.857 e. The molecule has 3 aromatic heterocycles. The molecule has 0 saturated carbocycles. The van der Waals surface area contributed by atoms with Gasteiger partial charge in [-0.15, -0.1) is 11.3 Å². The highest BCUT2D eigenvalue weighted by atomic mass is 32.1. The first-order valence-electron chi connectivity index (χ1n) is 9.74. The van der Waals surface area contributed by atoms with Gasteiger partial charge in [-0.05, 0) is 10.2 Å². The molecule has 0 unspecified atom stereocenters. The summed E-state index contributed by atoms with van der Waals surface area (Å²) in [5, 5.41) is 27.1. The highest BCUT2D eigenvalue weighted by molar-refractivity contribution is 7.21. The van der Waals surface area contributed by atoms with Crippen LogP contribution < -0.4 is 21.3 Å². The van der Waals surface area contributed by atoms with Crippen LogP contribution in [0.25, 0.3) is 27.0 Å². The zero-order chi connectivity index (χ0) is 22.9. The van der Waals surface area contributed by atoms with Gasteiger partial charge in [0.1, 0.15) is 22.3 Å². The van der Waals surface area contributed by atoms with E-state index in [1.54, 1.807) is 0 Å². The number of nitrogens with two attached hydrogens (primary N) is 2. The molecular weight excluding hydrogens is 438 g/mol. The molecule has 0 aliphatic heterocycles. The summed E-state index contributed by atoms with van der Waals surface area (Å²) in [4.78, 5) is 8.94. The predicted molar refractivity (Wildman–Crippen MR) is 123 cm³/mol. The summed E-state index contributed by atoms with van der Waals surface area (Å²) in [6.45, 7) is 0. The number of hydrogen-bond acceptors (Lipinski definition) is 9. The average Bonchev–Trinajstić information content (AvgIpc) is 3.43. The maximum atomic E-state index is 13.0. The molecule has 0 atom stereocenters. The summed E-state index contributed by atoms with van der Waals surface area (Å²) >= 11 is 1.06. The number of para-hydroxylation sites is 1. The second-order valence-corrected chi connectivity index (χ2v) is 7.99. The maximum Gasteiger partial charge on any atom is 0.321 e. The first-order valence-corrected chi connectivity index (χ1v) is 10.6. The minimum atomic E-state index is -0.608. The molecule has 5 aromatic rings. The van der Waals surface area contributed by atoms with Gasteiger partial charge in [-0.25, -0.2) is 9.98 Å². The number of pyridine rings is 1. The number of hydrogen-bond donors (Lipinski definition) is 2. The second-order valence-electron chi connectivity index (χ2n) is 6.99. The molecule has 9 nitrogen and oxygen atoms in total. The summed E-state index contributed by atoms with van der Waals surface area (Å²) < 4.78 is 6.65. The fourth-order valence-electron chi connectivity index (χ4n) is 3.48. The average molecular weight is 453 g/mol. The number of benzene rings is 2. The van der Waals surface area contributed by atoms with Gasteiger partial charge in [0.05, 0.1) is 10.6 Å². The first-order chi connectivity index (χ1) is 16.1. The van der Waals surface area contributed by atoms with Crippen molar-refractivity contribution in [3.8, 4) is 22.9 Å². The standard InChI is InChI=1S/C23H15N7O2S/c24-11-15-17(13-7-3-1-4-8-13)18-19(25)20(33-23(18)28-21(15)26)22(31)27-16-12-30(29-32-16)14-9-5-2-6-10-14/h1-10,12H,(H4-,25,26,27,28,29,31). The SMILES string of the molecule is N#Cc1c(N)nc2sc(/C([O-])=N/c3c[n+](-c4ccccc4)no3)c(N)c2c1-c1ccccc1. The first kappa shape index (κ1) is 20.2. The van der Waals surface area contributed by atoms with E-state index < -0.39 is 5.90 Å². The van der Waals surface area contributed by atoms with E-state index in [9.17, 15) is 10.4 Å². The third-order valence-electron chi connectivity index (χ3n) is 4.96. The Morgan fingerprint density at radius 1 is 1.09 bits per heavy atom. The number of thiophene rings is 1. The van der Waals surface area contributed by atoms with Crippen LogP contribution in [0.3, 0.4) is 0 Å². The van der Waals surface area contributed by atoms with Gasteiger partial charge in [0.25, 0.3) is 6.20 Å². The predicted octanol–water partition coefficient (Wildman–Crippen LogP) is 2.70. The lowest BCUT2D eigenvalue weighted by atomic mass is 9.97. The van der Waals surface area contributed by atoms with Gasteiger partial charge >= 0.3 is 5.88 Å². The zero-order valence-electron chi connectivity index (χ0n) is 17.0. The fourth-order valence-corrected chi connectivity index (χ4v) is 4.47. The number of nitrogen functional groups attached to an aromatic ring is 2. The Balaban J connectivity index is 1.64. The maximum absolute atomic E-state index is 13.0. The lowest BCUT2D eigenvalue weighted by molar-refractivity contribution is -0.670. The Morgan fingerprint density at radius 3 is 2.48 bits per heavy atom. The lowest BCUT2D eigenvalue weighted by Crippen LogP contribution is -2.30. The number of aromatic nitrogens is 3. The van der Waals surface area contributed by atoms with E-state index in [2.05, 4.69) is 21.3 Å². The highest BCUT2D eigenvalue weighted by Crippen LogP contribution is 2.42. The molecule has 10 heteroatoms.